The zero-order chi connectivity index (χ0) is 27.8. The Hall–Kier alpha value is -3.93. The number of benzene rings is 3. The molecule has 6 nitrogen and oxygen atoms in total. The third kappa shape index (κ3) is 3.06. The molecule has 0 radical (unpaired) electrons. The van der Waals surface area contributed by atoms with Crippen LogP contribution >= 0.6 is 0 Å². The topological polar surface area (TPSA) is 52.1 Å². The van der Waals surface area contributed by atoms with Gasteiger partial charge in [-0.05, 0) is 49.4 Å². The van der Waals surface area contributed by atoms with Crippen LogP contribution in [0.3, 0.4) is 0 Å². The van der Waals surface area contributed by atoms with Crippen LogP contribution in [-0.2, 0) is 7.05 Å². The molecule has 0 spiro atoms. The highest BCUT2D eigenvalue weighted by Crippen LogP contribution is 2.39. The average Bonchev–Trinajstić information content (AvgIpc) is 3.54. The number of hydrogen-bond acceptors (Lipinski definition) is 3. The molecule has 0 aliphatic heterocycles. The lowest BCUT2D eigenvalue weighted by Gasteiger charge is -2.18. The van der Waals surface area contributed by atoms with Gasteiger partial charge in [0.1, 0.15) is 17.1 Å². The van der Waals surface area contributed by atoms with Crippen molar-refractivity contribution in [2.24, 2.45) is 7.05 Å². The number of rotatable bonds is 4. The molecule has 6 aromatic rings. The molecule has 0 saturated carbocycles. The van der Waals surface area contributed by atoms with Gasteiger partial charge in [0.05, 0.1) is 12.6 Å². The zero-order valence-electron chi connectivity index (χ0n) is 24.5. The van der Waals surface area contributed by atoms with Gasteiger partial charge in [0, 0.05) is 15.2 Å². The van der Waals surface area contributed by atoms with Gasteiger partial charge in [-0.25, -0.2) is 8.97 Å². The Kier molecular flexibility index (Phi) is 4.31. The van der Waals surface area contributed by atoms with E-state index >= 15 is 0 Å². The summed E-state index contributed by atoms with van der Waals surface area (Å²) in [5.41, 5.74) is 8.97. The number of hydrogen-bond donors (Lipinski definition) is 0. The minimum atomic E-state index is -2.43. The van der Waals surface area contributed by atoms with Crippen molar-refractivity contribution in [3.63, 3.8) is 0 Å². The molecule has 0 atom stereocenters. The summed E-state index contributed by atoms with van der Waals surface area (Å²) in [6.45, 7) is 8.54. The van der Waals surface area contributed by atoms with E-state index in [0.29, 0.717) is 22.9 Å². The fourth-order valence-electron chi connectivity index (χ4n) is 5.46. The lowest BCUT2D eigenvalue weighted by atomic mass is 9.92. The number of aromatic nitrogens is 5. The first-order chi connectivity index (χ1) is 18.5. The van der Waals surface area contributed by atoms with Gasteiger partial charge in [0.25, 0.3) is 5.82 Å². The summed E-state index contributed by atoms with van der Waals surface area (Å²) >= 11 is 0. The highest BCUT2D eigenvalue weighted by Gasteiger charge is 2.33. The smallest absolute Gasteiger partial charge is 0.327 e. The molecule has 0 unspecified atom stereocenters. The van der Waals surface area contributed by atoms with Crippen LogP contribution in [0.2, 0.25) is 0 Å². The van der Waals surface area contributed by atoms with Crippen LogP contribution in [0.15, 0.2) is 59.0 Å². The molecule has 3 aromatic heterocycles. The van der Waals surface area contributed by atoms with Crippen LogP contribution in [0.25, 0.3) is 45.1 Å². The number of imidazole rings is 1. The van der Waals surface area contributed by atoms with E-state index < -0.39 is 6.85 Å². The Balaban J connectivity index is 1.81. The third-order valence-electron chi connectivity index (χ3n) is 7.22. The summed E-state index contributed by atoms with van der Waals surface area (Å²) in [4.78, 5) is 0. The van der Waals surface area contributed by atoms with Gasteiger partial charge in [-0.3, -0.25) is 0 Å². The maximum atomic E-state index is 7.99. The fourth-order valence-corrected chi connectivity index (χ4v) is 5.46. The second-order valence-corrected chi connectivity index (χ2v) is 10.2. The van der Waals surface area contributed by atoms with Crippen LogP contribution in [0.5, 0.6) is 0 Å². The van der Waals surface area contributed by atoms with Crippen LogP contribution in [0.4, 0.5) is 0 Å². The van der Waals surface area contributed by atoms with Gasteiger partial charge in [0.2, 0.25) is 0 Å². The van der Waals surface area contributed by atoms with Crippen molar-refractivity contribution in [3.8, 4) is 17.1 Å². The number of aryl methyl sites for hydroxylation is 3. The second kappa shape index (κ2) is 8.05. The predicted octanol–water partition coefficient (Wildman–Crippen LogP) is 6.77. The molecule has 3 heterocycles. The van der Waals surface area contributed by atoms with E-state index in [1.807, 2.05) is 12.1 Å². The van der Waals surface area contributed by atoms with E-state index in [1.54, 1.807) is 0 Å². The minimum absolute atomic E-state index is 0.108. The Bertz CT molecular complexity index is 1860. The van der Waals surface area contributed by atoms with Crippen molar-refractivity contribution in [2.75, 3.05) is 0 Å². The molecular formula is C30H32N5O+. The molecule has 0 aliphatic carbocycles. The van der Waals surface area contributed by atoms with Crippen molar-refractivity contribution in [2.45, 2.75) is 53.3 Å². The Morgan fingerprint density at radius 1 is 0.889 bits per heavy atom. The summed E-state index contributed by atoms with van der Waals surface area (Å²) in [5.74, 6) is 1.61. The van der Waals surface area contributed by atoms with E-state index in [1.165, 1.54) is 21.2 Å². The van der Waals surface area contributed by atoms with Gasteiger partial charge >= 0.3 is 5.84 Å². The first kappa shape index (κ1) is 19.3. The van der Waals surface area contributed by atoms with Crippen LogP contribution in [0.1, 0.15) is 66.2 Å². The molecule has 0 amide bonds. The van der Waals surface area contributed by atoms with Gasteiger partial charge in [-0.2, -0.15) is 4.57 Å². The molecule has 0 N–H and O–H groups in total. The highest BCUT2D eigenvalue weighted by atomic mass is 16.4. The molecule has 0 saturated heterocycles. The van der Waals surface area contributed by atoms with Gasteiger partial charge in [-0.1, -0.05) is 69.2 Å². The summed E-state index contributed by atoms with van der Waals surface area (Å²) in [7, 11) is 2.07. The largest absolute Gasteiger partial charge is 0.421 e. The summed E-state index contributed by atoms with van der Waals surface area (Å²) in [6.07, 6.45) is 0. The van der Waals surface area contributed by atoms with Crippen LogP contribution in [0, 0.1) is 13.8 Å². The lowest BCUT2D eigenvalue weighted by Crippen LogP contribution is -2.30. The summed E-state index contributed by atoms with van der Waals surface area (Å²) < 4.78 is 36.3. The third-order valence-corrected chi connectivity index (χ3v) is 7.22. The molecule has 3 aromatic carbocycles. The maximum Gasteiger partial charge on any atom is 0.327 e. The lowest BCUT2D eigenvalue weighted by molar-refractivity contribution is -0.633. The van der Waals surface area contributed by atoms with Crippen molar-refractivity contribution in [3.05, 3.63) is 77.1 Å². The first-order valence-electron chi connectivity index (χ1n) is 13.9. The molecule has 0 bridgehead atoms. The average molecular weight is 482 g/mol. The standard InChI is InChI=1S/C30H32N5O/c1-17(2)21-11-10-12-22(18(3)4)27(21)35-24-14-9-8-13-23(24)33(7)29(35)26-19(5)15-16-25-28(26)36-30-32-31-20(6)34(25)30/h8-18H,1-7H3/q+1/i6D3. The molecule has 36 heavy (non-hydrogen) atoms. The van der Waals surface area contributed by atoms with Crippen LogP contribution < -0.4 is 4.57 Å². The Morgan fingerprint density at radius 2 is 1.61 bits per heavy atom. The Morgan fingerprint density at radius 3 is 2.31 bits per heavy atom. The minimum Gasteiger partial charge on any atom is -0.421 e. The van der Waals surface area contributed by atoms with Gasteiger partial charge in [-0.15, -0.1) is 5.10 Å². The van der Waals surface area contributed by atoms with Gasteiger partial charge in [0.15, 0.2) is 16.6 Å². The quantitative estimate of drug-likeness (QED) is 0.261. The molecule has 0 aliphatic rings. The van der Waals surface area contributed by atoms with Crippen molar-refractivity contribution in [1.29, 1.82) is 0 Å². The molecule has 0 fully saturated rings. The van der Waals surface area contributed by atoms with E-state index in [4.69, 9.17) is 8.53 Å². The predicted molar refractivity (Wildman–Crippen MR) is 144 cm³/mol. The maximum absolute atomic E-state index is 7.99. The molecule has 182 valence electrons. The van der Waals surface area contributed by atoms with Crippen molar-refractivity contribution >= 4 is 28.0 Å². The summed E-state index contributed by atoms with van der Waals surface area (Å²) in [6, 6.07) is 18.9. The van der Waals surface area contributed by atoms with Crippen LogP contribution in [-0.4, -0.2) is 19.2 Å². The van der Waals surface area contributed by atoms with Crippen molar-refractivity contribution < 1.29 is 13.1 Å². The van der Waals surface area contributed by atoms with E-state index in [2.05, 4.69) is 103 Å². The number of nitrogens with zero attached hydrogens (tertiary/aromatic N) is 5. The van der Waals surface area contributed by atoms with E-state index in [9.17, 15) is 0 Å². The molecule has 6 rings (SSSR count). The van der Waals surface area contributed by atoms with E-state index in [0.717, 1.165) is 28.0 Å². The number of para-hydroxylation sites is 3. The fraction of sp³-hybridized carbons (Fsp3) is 0.300. The Labute approximate surface area is 215 Å². The monoisotopic (exact) mass is 481 g/mol. The summed E-state index contributed by atoms with van der Waals surface area (Å²) in [5, 5.41) is 8.01. The first-order valence-corrected chi connectivity index (χ1v) is 12.4. The van der Waals surface area contributed by atoms with Crippen molar-refractivity contribution in [1.82, 2.24) is 19.2 Å². The molecular weight excluding hydrogens is 446 g/mol. The highest BCUT2D eigenvalue weighted by molar-refractivity contribution is 5.94. The zero-order valence-corrected chi connectivity index (χ0v) is 21.5. The van der Waals surface area contributed by atoms with Gasteiger partial charge < -0.3 is 4.42 Å². The normalized spacial score (nSPS) is 13.8. The molecule has 6 heteroatoms. The SMILES string of the molecule is [2H]C([2H])([2H])c1nnc2oc3c(-c4n(-c5c(C(C)C)cccc5C(C)C)c5ccccc5[n+]4C)c(C)ccc3n12. The number of oxazole rings is 1. The second-order valence-electron chi connectivity index (χ2n) is 10.2. The van der Waals surface area contributed by atoms with E-state index in [-0.39, 0.29) is 11.7 Å². The number of fused-ring (bicyclic) bond motifs is 4.